The molecule has 268 valence electrons. The first-order valence-electron chi connectivity index (χ1n) is 18.4. The number of likely N-dealkylation sites (N-methyl/N-ethyl adjacent to an activating group) is 1. The molecule has 3 heterocycles. The number of allylic oxidation sites excluding steroid dienone is 5. The van der Waals surface area contributed by atoms with Gasteiger partial charge < -0.3 is 15.1 Å². The third-order valence-corrected chi connectivity index (χ3v) is 11.9. The first-order valence-corrected chi connectivity index (χ1v) is 19.2. The number of ketones is 1. The minimum absolute atomic E-state index is 0.0389. The lowest BCUT2D eigenvalue weighted by Gasteiger charge is -2.28. The molecular formula is C44H48N3O4S+. The largest absolute Gasteiger partial charge is 0.506 e. The monoisotopic (exact) mass is 714 g/mol. The summed E-state index contributed by atoms with van der Waals surface area (Å²) >= 11 is 1.44. The van der Waals surface area contributed by atoms with E-state index in [2.05, 4.69) is 81.3 Å². The lowest BCUT2D eigenvalue weighted by Crippen LogP contribution is -2.32. The molecule has 8 heteroatoms. The minimum Gasteiger partial charge on any atom is -0.506 e. The number of carboxylic acid groups (broad SMARTS) is 1. The van der Waals surface area contributed by atoms with E-state index in [-0.39, 0.29) is 22.5 Å². The Morgan fingerprint density at radius 1 is 0.942 bits per heavy atom. The first kappa shape index (κ1) is 36.8. The average Bonchev–Trinajstić information content (AvgIpc) is 3.75. The molecule has 0 atom stereocenters. The molecule has 0 radical (unpaired) electrons. The van der Waals surface area contributed by atoms with Gasteiger partial charge in [-0.3, -0.25) is 4.79 Å². The third-order valence-electron chi connectivity index (χ3n) is 10.9. The summed E-state index contributed by atoms with van der Waals surface area (Å²) in [7, 11) is 0. The molecule has 0 spiro atoms. The average molecular weight is 715 g/mol. The van der Waals surface area contributed by atoms with Crippen LogP contribution in [0.1, 0.15) is 96.1 Å². The number of benzene rings is 2. The Balaban J connectivity index is 1.36. The van der Waals surface area contributed by atoms with Gasteiger partial charge in [0.2, 0.25) is 11.5 Å². The topological polar surface area (TPSA) is 105 Å². The van der Waals surface area contributed by atoms with Crippen molar-refractivity contribution in [2.75, 3.05) is 18.0 Å². The zero-order valence-corrected chi connectivity index (χ0v) is 31.9. The van der Waals surface area contributed by atoms with Crippen molar-refractivity contribution in [2.45, 2.75) is 90.9 Å². The molecule has 0 bridgehead atoms. The molecule has 1 aliphatic carbocycles. The number of anilines is 1. The molecule has 0 saturated heterocycles. The van der Waals surface area contributed by atoms with Crippen LogP contribution in [-0.4, -0.2) is 45.3 Å². The van der Waals surface area contributed by atoms with Crippen LogP contribution in [0.2, 0.25) is 0 Å². The van der Waals surface area contributed by atoms with Crippen molar-refractivity contribution in [1.82, 2.24) is 0 Å². The van der Waals surface area contributed by atoms with Crippen molar-refractivity contribution in [1.29, 1.82) is 5.26 Å². The number of carbonyl (C=O) groups is 2. The molecule has 2 N–H and O–H groups in total. The molecular weight excluding hydrogens is 667 g/mol. The number of hydrogen-bond acceptors (Lipinski definition) is 6. The van der Waals surface area contributed by atoms with Crippen LogP contribution in [0, 0.1) is 11.3 Å². The summed E-state index contributed by atoms with van der Waals surface area (Å²) < 4.78 is 2.33. The Bertz CT molecular complexity index is 2150. The standard InChI is InChI=1S/C44H47N3O4S/c1-7-9-10-11-12-15-22-47-36-20-18-28(37-21-19-30(52-37)23-29(27-45)42(50)51)24-34(36)44(5,6)39(47)26-32-40(48)31(41(32)49)25-38-43(3,4)33-16-13-14-17-35(33)46(38)8-2/h13-14,16-21,23-26H,7-12,15,22H2,1-6H3,(H-,48,49,50,51)/p+1/b29-23+. The van der Waals surface area contributed by atoms with E-state index in [4.69, 9.17) is 0 Å². The third kappa shape index (κ3) is 6.47. The predicted molar refractivity (Wildman–Crippen MR) is 210 cm³/mol. The normalized spacial score (nSPS) is 19.0. The lowest BCUT2D eigenvalue weighted by atomic mass is 9.77. The number of thiophene rings is 1. The molecule has 0 unspecified atom stereocenters. The van der Waals surface area contributed by atoms with E-state index < -0.39 is 11.4 Å². The highest BCUT2D eigenvalue weighted by Crippen LogP contribution is 2.49. The van der Waals surface area contributed by atoms with Gasteiger partial charge in [0.1, 0.15) is 23.9 Å². The second-order valence-corrected chi connectivity index (χ2v) is 16.0. The van der Waals surface area contributed by atoms with Crippen LogP contribution in [0.4, 0.5) is 11.4 Å². The molecule has 3 aromatic rings. The Hall–Kier alpha value is -5.00. The van der Waals surface area contributed by atoms with Crippen LogP contribution in [0.3, 0.4) is 0 Å². The molecule has 2 aliphatic heterocycles. The molecule has 0 saturated carbocycles. The van der Waals surface area contributed by atoms with Gasteiger partial charge in [0, 0.05) is 57.2 Å². The van der Waals surface area contributed by atoms with E-state index in [1.807, 2.05) is 36.4 Å². The molecule has 52 heavy (non-hydrogen) atoms. The molecule has 0 amide bonds. The number of aliphatic hydroxyl groups excluding tert-OH is 1. The maximum Gasteiger partial charge on any atom is 0.346 e. The molecule has 7 nitrogen and oxygen atoms in total. The van der Waals surface area contributed by atoms with Gasteiger partial charge in [0.15, 0.2) is 5.71 Å². The van der Waals surface area contributed by atoms with Gasteiger partial charge in [0.25, 0.3) is 0 Å². The summed E-state index contributed by atoms with van der Waals surface area (Å²) in [5.41, 5.74) is 7.14. The summed E-state index contributed by atoms with van der Waals surface area (Å²) in [6.07, 6.45) is 12.2. The molecule has 1 aromatic heterocycles. The van der Waals surface area contributed by atoms with Gasteiger partial charge in [-0.1, -0.05) is 64.7 Å². The van der Waals surface area contributed by atoms with Crippen LogP contribution in [0.15, 0.2) is 94.9 Å². The van der Waals surface area contributed by atoms with Crippen LogP contribution in [0.5, 0.6) is 0 Å². The van der Waals surface area contributed by atoms with E-state index in [0.29, 0.717) is 16.0 Å². The molecule has 6 rings (SSSR count). The van der Waals surface area contributed by atoms with Gasteiger partial charge in [0.05, 0.1) is 16.6 Å². The number of carboxylic acids is 1. The smallest absolute Gasteiger partial charge is 0.346 e. The fourth-order valence-electron chi connectivity index (χ4n) is 7.88. The van der Waals surface area contributed by atoms with Crippen molar-refractivity contribution in [3.63, 3.8) is 0 Å². The highest BCUT2D eigenvalue weighted by molar-refractivity contribution is 7.16. The molecule has 3 aliphatic rings. The predicted octanol–water partition coefficient (Wildman–Crippen LogP) is 10.2. The summed E-state index contributed by atoms with van der Waals surface area (Å²) in [5.74, 6) is -1.36. The summed E-state index contributed by atoms with van der Waals surface area (Å²) in [4.78, 5) is 29.2. The number of aliphatic carboxylic acids is 1. The first-order chi connectivity index (χ1) is 24.8. The van der Waals surface area contributed by atoms with E-state index >= 15 is 0 Å². The number of hydrogen-bond donors (Lipinski definition) is 2. The Morgan fingerprint density at radius 2 is 1.67 bits per heavy atom. The summed E-state index contributed by atoms with van der Waals surface area (Å²) in [6.45, 7) is 14.6. The fraction of sp³-hybridized carbons (Fsp3) is 0.364. The van der Waals surface area contributed by atoms with Crippen LogP contribution in [-0.2, 0) is 20.4 Å². The quantitative estimate of drug-likeness (QED) is 0.0791. The minimum atomic E-state index is -1.25. The van der Waals surface area contributed by atoms with Crippen molar-refractivity contribution in [2.24, 2.45) is 0 Å². The van der Waals surface area contributed by atoms with Crippen LogP contribution in [0.25, 0.3) is 16.5 Å². The molecule has 0 fully saturated rings. The SMILES string of the molecule is CCCCCCCC[N+]1=C(/C=C2\C(=O)C(/C=C3/N(CC)c4ccccc4C3(C)C)=C2O)C(C)(C)c2cc(-c3ccc(/C=C(\C#N)C(=O)O)s3)ccc21. The number of para-hydroxylation sites is 1. The second-order valence-electron chi connectivity index (χ2n) is 14.9. The highest BCUT2D eigenvalue weighted by atomic mass is 32.1. The Kier molecular flexibility index (Phi) is 10.3. The van der Waals surface area contributed by atoms with E-state index in [1.165, 1.54) is 48.7 Å². The zero-order valence-electron chi connectivity index (χ0n) is 31.0. The van der Waals surface area contributed by atoms with Gasteiger partial charge in [-0.2, -0.15) is 9.84 Å². The summed E-state index contributed by atoms with van der Waals surface area (Å²) in [5, 5.41) is 30.1. The Labute approximate surface area is 311 Å². The van der Waals surface area contributed by atoms with Crippen molar-refractivity contribution >= 4 is 46.3 Å². The van der Waals surface area contributed by atoms with Crippen molar-refractivity contribution < 1.29 is 24.4 Å². The number of unbranched alkanes of at least 4 members (excludes halogenated alkanes) is 5. The van der Waals surface area contributed by atoms with E-state index in [0.717, 1.165) is 64.7 Å². The maximum atomic E-state index is 13.9. The maximum absolute atomic E-state index is 13.9. The van der Waals surface area contributed by atoms with E-state index in [9.17, 15) is 25.1 Å². The number of nitrogens with zero attached hydrogens (tertiary/aromatic N) is 3. The van der Waals surface area contributed by atoms with Crippen LogP contribution >= 0.6 is 11.3 Å². The van der Waals surface area contributed by atoms with Crippen molar-refractivity contribution in [3.05, 3.63) is 111 Å². The number of nitriles is 1. The number of rotatable bonds is 13. The van der Waals surface area contributed by atoms with Crippen molar-refractivity contribution in [3.8, 4) is 16.5 Å². The van der Waals surface area contributed by atoms with Gasteiger partial charge >= 0.3 is 5.97 Å². The van der Waals surface area contributed by atoms with Gasteiger partial charge in [-0.15, -0.1) is 11.3 Å². The lowest BCUT2D eigenvalue weighted by molar-refractivity contribution is -0.438. The zero-order chi connectivity index (χ0) is 37.4. The molecule has 2 aromatic carbocycles. The van der Waals surface area contributed by atoms with Crippen LogP contribution < -0.4 is 4.90 Å². The van der Waals surface area contributed by atoms with Gasteiger partial charge in [-0.05, 0) is 80.8 Å². The number of aliphatic hydroxyl groups is 1. The Morgan fingerprint density at radius 3 is 2.37 bits per heavy atom. The highest BCUT2D eigenvalue weighted by Gasteiger charge is 2.47. The number of carbonyl (C=O) groups excluding carboxylic acids is 1. The summed E-state index contributed by atoms with van der Waals surface area (Å²) in [6, 6.07) is 20.3. The number of Topliss-reactive ketones (excluding diaryl/α,β-unsaturated/α-hetero) is 1. The fourth-order valence-corrected chi connectivity index (χ4v) is 8.82. The van der Waals surface area contributed by atoms with Gasteiger partial charge in [-0.25, -0.2) is 4.79 Å². The van der Waals surface area contributed by atoms with E-state index in [1.54, 1.807) is 6.07 Å². The number of fused-ring (bicyclic) bond motifs is 2. The second kappa shape index (κ2) is 14.6.